The fourth-order valence-corrected chi connectivity index (χ4v) is 2.75. The fourth-order valence-electron chi connectivity index (χ4n) is 2.75. The third-order valence-electron chi connectivity index (χ3n) is 4.03. The average Bonchev–Trinajstić information content (AvgIpc) is 2.96. The molecule has 1 aromatic heterocycles. The van der Waals surface area contributed by atoms with E-state index in [0.717, 1.165) is 0 Å². The van der Waals surface area contributed by atoms with Gasteiger partial charge in [0.15, 0.2) is 0 Å². The highest BCUT2D eigenvalue weighted by atomic mass is 19.1. The van der Waals surface area contributed by atoms with Crippen LogP contribution >= 0.6 is 0 Å². The van der Waals surface area contributed by atoms with Crippen molar-refractivity contribution in [2.75, 3.05) is 23.4 Å². The molecule has 1 aliphatic rings. The Morgan fingerprint density at radius 2 is 2.13 bits per heavy atom. The van der Waals surface area contributed by atoms with Gasteiger partial charge in [-0.15, -0.1) is 0 Å². The molecule has 1 saturated heterocycles. The van der Waals surface area contributed by atoms with Gasteiger partial charge < -0.3 is 9.80 Å². The van der Waals surface area contributed by atoms with Crippen LogP contribution in [0.3, 0.4) is 0 Å². The molecule has 0 bridgehead atoms. The lowest BCUT2D eigenvalue weighted by Crippen LogP contribution is -2.40. The molecule has 0 aliphatic carbocycles. The number of anilines is 2. The van der Waals surface area contributed by atoms with Gasteiger partial charge in [0.1, 0.15) is 23.7 Å². The van der Waals surface area contributed by atoms with E-state index >= 15 is 0 Å². The number of nitriles is 1. The van der Waals surface area contributed by atoms with Crippen molar-refractivity contribution >= 4 is 17.4 Å². The molecule has 0 spiro atoms. The van der Waals surface area contributed by atoms with Gasteiger partial charge in [-0.05, 0) is 30.7 Å². The molecule has 2 heterocycles. The van der Waals surface area contributed by atoms with E-state index in [1.54, 1.807) is 42.3 Å². The predicted octanol–water partition coefficient (Wildman–Crippen LogP) is 2.33. The lowest BCUT2D eigenvalue weighted by atomic mass is 10.2. The topological polar surface area (TPSA) is 60.2 Å². The van der Waals surface area contributed by atoms with Crippen LogP contribution in [0.1, 0.15) is 12.0 Å². The van der Waals surface area contributed by atoms with Gasteiger partial charge in [0.25, 0.3) is 0 Å². The zero-order valence-electron chi connectivity index (χ0n) is 12.6. The second kappa shape index (κ2) is 6.05. The minimum Gasteiger partial charge on any atom is -0.348 e. The number of carbonyl (C=O) groups excluding carboxylic acids is 1. The van der Waals surface area contributed by atoms with Crippen LogP contribution in [0.25, 0.3) is 0 Å². The van der Waals surface area contributed by atoms with Crippen molar-refractivity contribution < 1.29 is 9.18 Å². The number of nitrogens with zero attached hydrogens (tertiary/aromatic N) is 4. The lowest BCUT2D eigenvalue weighted by Gasteiger charge is -2.25. The van der Waals surface area contributed by atoms with E-state index in [9.17, 15) is 9.18 Å². The van der Waals surface area contributed by atoms with E-state index in [4.69, 9.17) is 5.26 Å². The van der Waals surface area contributed by atoms with Crippen molar-refractivity contribution in [1.29, 1.82) is 5.26 Å². The molecular weight excluding hydrogens is 295 g/mol. The Bertz CT molecular complexity index is 769. The maximum Gasteiger partial charge on any atom is 0.249 e. The number of benzene rings is 1. The molecule has 116 valence electrons. The maximum absolute atomic E-state index is 13.9. The largest absolute Gasteiger partial charge is 0.348 e. The summed E-state index contributed by atoms with van der Waals surface area (Å²) in [4.78, 5) is 20.1. The van der Waals surface area contributed by atoms with E-state index in [-0.39, 0.29) is 5.91 Å². The van der Waals surface area contributed by atoms with Crippen LogP contribution < -0.4 is 9.80 Å². The Balaban J connectivity index is 1.81. The standard InChI is InChI=1S/C17H15FN4O/c1-21(16-7-6-12(10-19)11-20-16)15-8-9-22(17(15)23)14-5-3-2-4-13(14)18/h2-7,11,15H,8-9H2,1H3. The Labute approximate surface area is 133 Å². The smallest absolute Gasteiger partial charge is 0.249 e. The van der Waals surface area contributed by atoms with Crippen LogP contribution in [0, 0.1) is 17.1 Å². The molecule has 1 aromatic carbocycles. The van der Waals surface area contributed by atoms with Gasteiger partial charge in [-0.3, -0.25) is 4.79 Å². The summed E-state index contributed by atoms with van der Waals surface area (Å²) in [5.41, 5.74) is 0.772. The molecular formula is C17H15FN4O. The summed E-state index contributed by atoms with van der Waals surface area (Å²) in [7, 11) is 1.78. The van der Waals surface area contributed by atoms with Crippen molar-refractivity contribution in [1.82, 2.24) is 4.98 Å². The second-order valence-electron chi connectivity index (χ2n) is 5.37. The van der Waals surface area contributed by atoms with Crippen LogP contribution in [-0.2, 0) is 4.79 Å². The zero-order valence-corrected chi connectivity index (χ0v) is 12.6. The predicted molar refractivity (Wildman–Crippen MR) is 84.5 cm³/mol. The summed E-state index contributed by atoms with van der Waals surface area (Å²) in [6.45, 7) is 0.463. The van der Waals surface area contributed by atoms with Crippen LogP contribution in [0.2, 0.25) is 0 Å². The summed E-state index contributed by atoms with van der Waals surface area (Å²) in [6, 6.07) is 11.3. The van der Waals surface area contributed by atoms with E-state index in [1.165, 1.54) is 17.2 Å². The van der Waals surface area contributed by atoms with Crippen molar-refractivity contribution in [2.24, 2.45) is 0 Å². The lowest BCUT2D eigenvalue weighted by molar-refractivity contribution is -0.118. The van der Waals surface area contributed by atoms with Gasteiger partial charge in [0.2, 0.25) is 5.91 Å². The molecule has 1 unspecified atom stereocenters. The number of pyridine rings is 1. The summed E-state index contributed by atoms with van der Waals surface area (Å²) >= 11 is 0. The number of likely N-dealkylation sites (N-methyl/N-ethyl adjacent to an activating group) is 1. The molecule has 1 fully saturated rings. The van der Waals surface area contributed by atoms with Crippen molar-refractivity contribution in [3.05, 3.63) is 54.0 Å². The highest BCUT2D eigenvalue weighted by Crippen LogP contribution is 2.27. The Kier molecular flexibility index (Phi) is 3.94. The third kappa shape index (κ3) is 2.73. The number of hydrogen-bond acceptors (Lipinski definition) is 4. The Morgan fingerprint density at radius 3 is 2.78 bits per heavy atom. The number of hydrogen-bond donors (Lipinski definition) is 0. The number of para-hydroxylation sites is 1. The minimum atomic E-state index is -0.402. The monoisotopic (exact) mass is 310 g/mol. The molecule has 1 atom stereocenters. The molecule has 1 amide bonds. The Hall–Kier alpha value is -2.94. The van der Waals surface area contributed by atoms with E-state index in [1.807, 2.05) is 6.07 Å². The second-order valence-corrected chi connectivity index (χ2v) is 5.37. The molecule has 0 N–H and O–H groups in total. The van der Waals surface area contributed by atoms with E-state index in [0.29, 0.717) is 30.0 Å². The van der Waals surface area contributed by atoms with Gasteiger partial charge in [0.05, 0.1) is 11.3 Å². The van der Waals surface area contributed by atoms with Crippen LogP contribution in [-0.4, -0.2) is 30.5 Å². The zero-order chi connectivity index (χ0) is 16.4. The van der Waals surface area contributed by atoms with Crippen molar-refractivity contribution in [2.45, 2.75) is 12.5 Å². The number of amides is 1. The van der Waals surface area contributed by atoms with Gasteiger partial charge in [0, 0.05) is 19.8 Å². The minimum absolute atomic E-state index is 0.149. The van der Waals surface area contributed by atoms with Crippen molar-refractivity contribution in [3.63, 3.8) is 0 Å². The van der Waals surface area contributed by atoms with Crippen LogP contribution in [0.5, 0.6) is 0 Å². The first-order valence-corrected chi connectivity index (χ1v) is 7.26. The third-order valence-corrected chi connectivity index (χ3v) is 4.03. The fraction of sp³-hybridized carbons (Fsp3) is 0.235. The number of aromatic nitrogens is 1. The van der Waals surface area contributed by atoms with Gasteiger partial charge >= 0.3 is 0 Å². The number of carbonyl (C=O) groups is 1. The highest BCUT2D eigenvalue weighted by molar-refractivity contribution is 6.01. The first kappa shape index (κ1) is 15.0. The van der Waals surface area contributed by atoms with Gasteiger partial charge in [-0.25, -0.2) is 9.37 Å². The number of halogens is 1. The Morgan fingerprint density at radius 1 is 1.35 bits per heavy atom. The summed E-state index contributed by atoms with van der Waals surface area (Å²) in [5, 5.41) is 8.81. The van der Waals surface area contributed by atoms with Gasteiger partial charge in [-0.2, -0.15) is 5.26 Å². The molecule has 3 rings (SSSR count). The van der Waals surface area contributed by atoms with Crippen LogP contribution in [0.15, 0.2) is 42.6 Å². The first-order valence-electron chi connectivity index (χ1n) is 7.26. The normalized spacial score (nSPS) is 17.2. The van der Waals surface area contributed by atoms with Crippen molar-refractivity contribution in [3.8, 4) is 6.07 Å². The van der Waals surface area contributed by atoms with Gasteiger partial charge in [-0.1, -0.05) is 12.1 Å². The average molecular weight is 310 g/mol. The summed E-state index contributed by atoms with van der Waals surface area (Å²) in [6.07, 6.45) is 2.06. The first-order chi connectivity index (χ1) is 11.1. The number of rotatable bonds is 3. The highest BCUT2D eigenvalue weighted by Gasteiger charge is 2.36. The summed E-state index contributed by atoms with van der Waals surface area (Å²) in [5.74, 6) is 0.0575. The quantitative estimate of drug-likeness (QED) is 0.873. The molecule has 23 heavy (non-hydrogen) atoms. The van der Waals surface area contributed by atoms with E-state index in [2.05, 4.69) is 4.98 Å². The SMILES string of the molecule is CN(c1ccc(C#N)cn1)C1CCN(c2ccccc2F)C1=O. The molecule has 0 radical (unpaired) electrons. The summed E-state index contributed by atoms with van der Waals surface area (Å²) < 4.78 is 13.9. The molecule has 1 aliphatic heterocycles. The molecule has 2 aromatic rings. The molecule has 5 nitrogen and oxygen atoms in total. The van der Waals surface area contributed by atoms with Crippen LogP contribution in [0.4, 0.5) is 15.9 Å². The molecule has 6 heteroatoms. The van der Waals surface area contributed by atoms with E-state index < -0.39 is 11.9 Å². The maximum atomic E-state index is 13.9. The molecule has 0 saturated carbocycles.